The van der Waals surface area contributed by atoms with E-state index in [1.54, 1.807) is 0 Å². The van der Waals surface area contributed by atoms with Crippen molar-refractivity contribution in [3.05, 3.63) is 35.4 Å². The van der Waals surface area contributed by atoms with Crippen molar-refractivity contribution < 1.29 is 4.79 Å². The van der Waals surface area contributed by atoms with E-state index in [0.29, 0.717) is 13.1 Å². The predicted molar refractivity (Wildman–Crippen MR) is 101 cm³/mol. The largest absolute Gasteiger partial charge is 0.357 e. The van der Waals surface area contributed by atoms with E-state index in [9.17, 15) is 4.79 Å². The molecule has 0 fully saturated rings. The number of carbonyl (C=O) groups excluding carboxylic acids is 1. The molecule has 0 aliphatic rings. The second kappa shape index (κ2) is 9.30. The summed E-state index contributed by atoms with van der Waals surface area (Å²) in [5.41, 5.74) is 1.95. The van der Waals surface area contributed by atoms with Gasteiger partial charge in [-0.25, -0.2) is 0 Å². The third kappa shape index (κ3) is 5.87. The molecule has 0 heterocycles. The highest BCUT2D eigenvalue weighted by Gasteiger charge is 2.27. The fourth-order valence-electron chi connectivity index (χ4n) is 2.42. The first-order chi connectivity index (χ1) is 11.3. The van der Waals surface area contributed by atoms with E-state index in [1.165, 1.54) is 11.1 Å². The van der Waals surface area contributed by atoms with Crippen molar-refractivity contribution >= 4 is 11.9 Å². The zero-order valence-corrected chi connectivity index (χ0v) is 15.9. The number of nitrogens with zero attached hydrogens (tertiary/aromatic N) is 1. The number of aliphatic imine (C=N–C) groups is 1. The molecular weight excluding hydrogens is 300 g/mol. The Bertz CT molecular complexity index is 566. The maximum Gasteiger partial charge on any atom is 0.227 e. The highest BCUT2D eigenvalue weighted by molar-refractivity contribution is 5.83. The molecule has 3 N–H and O–H groups in total. The van der Waals surface area contributed by atoms with E-state index in [-0.39, 0.29) is 11.9 Å². The summed E-state index contributed by atoms with van der Waals surface area (Å²) in [7, 11) is 0. The second-order valence-corrected chi connectivity index (χ2v) is 6.66. The van der Waals surface area contributed by atoms with Crippen molar-refractivity contribution in [1.82, 2.24) is 16.0 Å². The van der Waals surface area contributed by atoms with Gasteiger partial charge in [-0.3, -0.25) is 9.79 Å². The second-order valence-electron chi connectivity index (χ2n) is 6.66. The van der Waals surface area contributed by atoms with Gasteiger partial charge in [0.15, 0.2) is 5.96 Å². The van der Waals surface area contributed by atoms with Crippen LogP contribution < -0.4 is 16.0 Å². The van der Waals surface area contributed by atoms with Crippen LogP contribution in [0, 0.1) is 12.3 Å². The van der Waals surface area contributed by atoms with Gasteiger partial charge < -0.3 is 16.0 Å². The van der Waals surface area contributed by atoms with Gasteiger partial charge in [-0.15, -0.1) is 0 Å². The van der Waals surface area contributed by atoms with Gasteiger partial charge in [0.2, 0.25) is 5.91 Å². The Balaban J connectivity index is 2.82. The summed E-state index contributed by atoms with van der Waals surface area (Å²) in [4.78, 5) is 16.7. The molecule has 5 nitrogen and oxygen atoms in total. The number of benzene rings is 1. The zero-order valence-electron chi connectivity index (χ0n) is 15.9. The van der Waals surface area contributed by atoms with Crippen LogP contribution in [-0.2, 0) is 4.79 Å². The van der Waals surface area contributed by atoms with Crippen molar-refractivity contribution in [1.29, 1.82) is 0 Å². The third-order valence-electron chi connectivity index (χ3n) is 3.94. The summed E-state index contributed by atoms with van der Waals surface area (Å²) in [5, 5.41) is 9.55. The number of rotatable bonds is 7. The summed E-state index contributed by atoms with van der Waals surface area (Å²) in [6.45, 7) is 13.8. The van der Waals surface area contributed by atoms with E-state index in [1.807, 2.05) is 39.8 Å². The SMILES string of the molecule is CCNC(=O)C(C)(C)CN=C(NCC)NC(C)c1ccccc1C. The van der Waals surface area contributed by atoms with E-state index in [2.05, 4.69) is 46.9 Å². The van der Waals surface area contributed by atoms with Crippen molar-refractivity contribution in [3.8, 4) is 0 Å². The van der Waals surface area contributed by atoms with Gasteiger partial charge in [0, 0.05) is 13.1 Å². The maximum absolute atomic E-state index is 12.1. The highest BCUT2D eigenvalue weighted by Crippen LogP contribution is 2.18. The Kier molecular flexibility index (Phi) is 7.75. The number of nitrogens with one attached hydrogen (secondary N) is 3. The molecule has 1 rings (SSSR count). The summed E-state index contributed by atoms with van der Waals surface area (Å²) in [6, 6.07) is 8.45. The van der Waals surface area contributed by atoms with E-state index in [0.717, 1.165) is 12.5 Å². The molecule has 0 saturated carbocycles. The monoisotopic (exact) mass is 332 g/mol. The first-order valence-electron chi connectivity index (χ1n) is 8.70. The lowest BCUT2D eigenvalue weighted by Crippen LogP contribution is -2.42. The number of amides is 1. The number of guanidine groups is 1. The number of hydrogen-bond donors (Lipinski definition) is 3. The van der Waals surface area contributed by atoms with Gasteiger partial charge in [0.1, 0.15) is 0 Å². The minimum atomic E-state index is -0.537. The van der Waals surface area contributed by atoms with Crippen LogP contribution in [-0.4, -0.2) is 31.5 Å². The molecule has 0 bridgehead atoms. The fourth-order valence-corrected chi connectivity index (χ4v) is 2.42. The van der Waals surface area contributed by atoms with Crippen molar-refractivity contribution in [2.75, 3.05) is 19.6 Å². The topological polar surface area (TPSA) is 65.5 Å². The molecule has 0 aliphatic heterocycles. The van der Waals surface area contributed by atoms with Gasteiger partial charge in [-0.1, -0.05) is 24.3 Å². The van der Waals surface area contributed by atoms with Gasteiger partial charge in [0.05, 0.1) is 18.0 Å². The molecule has 1 amide bonds. The highest BCUT2D eigenvalue weighted by atomic mass is 16.2. The van der Waals surface area contributed by atoms with Crippen LogP contribution in [0.1, 0.15) is 51.8 Å². The quantitative estimate of drug-likeness (QED) is 0.531. The summed E-state index contributed by atoms with van der Waals surface area (Å²) in [5.74, 6) is 0.752. The Labute approximate surface area is 146 Å². The molecule has 0 aromatic heterocycles. The van der Waals surface area contributed by atoms with Gasteiger partial charge in [-0.05, 0) is 52.7 Å². The van der Waals surface area contributed by atoms with Crippen LogP contribution in [0.2, 0.25) is 0 Å². The molecule has 1 atom stereocenters. The maximum atomic E-state index is 12.1. The van der Waals surface area contributed by atoms with E-state index >= 15 is 0 Å². The number of hydrogen-bond acceptors (Lipinski definition) is 2. The lowest BCUT2D eigenvalue weighted by Gasteiger charge is -2.23. The van der Waals surface area contributed by atoms with Crippen LogP contribution >= 0.6 is 0 Å². The Morgan fingerprint density at radius 2 is 1.79 bits per heavy atom. The normalized spacial score (nSPS) is 13.3. The Morgan fingerprint density at radius 1 is 1.17 bits per heavy atom. The molecule has 1 aromatic rings. The Hall–Kier alpha value is -2.04. The minimum absolute atomic E-state index is 0.0246. The molecule has 0 aliphatic carbocycles. The molecule has 134 valence electrons. The smallest absolute Gasteiger partial charge is 0.227 e. The number of aryl methyl sites for hydroxylation is 1. The summed E-state index contributed by atoms with van der Waals surface area (Å²) < 4.78 is 0. The van der Waals surface area contributed by atoms with Crippen LogP contribution in [0.4, 0.5) is 0 Å². The van der Waals surface area contributed by atoms with Crippen molar-refractivity contribution in [3.63, 3.8) is 0 Å². The summed E-state index contributed by atoms with van der Waals surface area (Å²) in [6.07, 6.45) is 0. The molecule has 1 aromatic carbocycles. The average Bonchev–Trinajstić information content (AvgIpc) is 2.53. The molecule has 5 heteroatoms. The predicted octanol–water partition coefficient (Wildman–Crippen LogP) is 2.77. The third-order valence-corrected chi connectivity index (χ3v) is 3.94. The summed E-state index contributed by atoms with van der Waals surface area (Å²) >= 11 is 0. The lowest BCUT2D eigenvalue weighted by atomic mass is 9.92. The minimum Gasteiger partial charge on any atom is -0.357 e. The van der Waals surface area contributed by atoms with Gasteiger partial charge in [-0.2, -0.15) is 0 Å². The molecule has 1 unspecified atom stereocenters. The van der Waals surface area contributed by atoms with Crippen LogP contribution in [0.15, 0.2) is 29.3 Å². The van der Waals surface area contributed by atoms with Crippen molar-refractivity contribution in [2.24, 2.45) is 10.4 Å². The molecular formula is C19H32N4O. The van der Waals surface area contributed by atoms with E-state index < -0.39 is 5.41 Å². The van der Waals surface area contributed by atoms with E-state index in [4.69, 9.17) is 0 Å². The van der Waals surface area contributed by atoms with Crippen LogP contribution in [0.25, 0.3) is 0 Å². The molecule has 0 spiro atoms. The van der Waals surface area contributed by atoms with Crippen molar-refractivity contribution in [2.45, 2.75) is 47.6 Å². The molecule has 24 heavy (non-hydrogen) atoms. The van der Waals surface area contributed by atoms with Gasteiger partial charge in [0.25, 0.3) is 0 Å². The fraction of sp³-hybridized carbons (Fsp3) is 0.579. The lowest BCUT2D eigenvalue weighted by molar-refractivity contribution is -0.128. The number of carbonyl (C=O) groups is 1. The Morgan fingerprint density at radius 3 is 2.38 bits per heavy atom. The first kappa shape index (κ1) is 20.0. The van der Waals surface area contributed by atoms with Crippen LogP contribution in [0.3, 0.4) is 0 Å². The first-order valence-corrected chi connectivity index (χ1v) is 8.70. The van der Waals surface area contributed by atoms with Gasteiger partial charge >= 0.3 is 0 Å². The zero-order chi connectivity index (χ0) is 18.2. The standard InChI is InChI=1S/C19H32N4O/c1-7-20-17(24)19(5,6)13-22-18(21-8-2)23-15(4)16-12-10-9-11-14(16)3/h9-12,15H,7-8,13H2,1-6H3,(H,20,24)(H2,21,22,23). The molecule has 0 saturated heterocycles. The molecule has 0 radical (unpaired) electrons. The average molecular weight is 332 g/mol. The van der Waals surface area contributed by atoms with Crippen LogP contribution in [0.5, 0.6) is 0 Å².